The number of rotatable bonds is 2. The van der Waals surface area contributed by atoms with E-state index >= 15 is 0 Å². The Balaban J connectivity index is 2.21. The standard InChI is InChI=1S/C10H10BrClN2O/c11-5-7-3-10(15)14(6-7)8-1-2-13-9(12)4-8/h1-2,4,7H,3,5-6H2. The summed E-state index contributed by atoms with van der Waals surface area (Å²) in [5.41, 5.74) is 0.837. The Kier molecular flexibility index (Phi) is 3.26. The van der Waals surface area contributed by atoms with Crippen LogP contribution in [0.5, 0.6) is 0 Å². The molecule has 0 radical (unpaired) electrons. The van der Waals surface area contributed by atoms with Crippen molar-refractivity contribution in [2.45, 2.75) is 6.42 Å². The van der Waals surface area contributed by atoms with Crippen molar-refractivity contribution in [2.24, 2.45) is 5.92 Å². The fraction of sp³-hybridized carbons (Fsp3) is 0.400. The predicted octanol–water partition coefficient (Wildman–Crippen LogP) is 2.48. The van der Waals surface area contributed by atoms with E-state index in [0.717, 1.165) is 17.6 Å². The summed E-state index contributed by atoms with van der Waals surface area (Å²) in [4.78, 5) is 17.4. The first-order chi connectivity index (χ1) is 7.20. The van der Waals surface area contributed by atoms with E-state index in [2.05, 4.69) is 20.9 Å². The van der Waals surface area contributed by atoms with Crippen molar-refractivity contribution in [3.8, 4) is 0 Å². The van der Waals surface area contributed by atoms with Crippen molar-refractivity contribution in [1.82, 2.24) is 4.98 Å². The van der Waals surface area contributed by atoms with Crippen molar-refractivity contribution in [1.29, 1.82) is 0 Å². The summed E-state index contributed by atoms with van der Waals surface area (Å²) in [6, 6.07) is 3.52. The topological polar surface area (TPSA) is 33.2 Å². The van der Waals surface area contributed by atoms with Gasteiger partial charge in [0, 0.05) is 30.2 Å². The maximum absolute atomic E-state index is 11.7. The molecule has 0 aromatic carbocycles. The maximum atomic E-state index is 11.7. The van der Waals surface area contributed by atoms with Crippen LogP contribution in [0.1, 0.15) is 6.42 Å². The number of hydrogen-bond donors (Lipinski definition) is 0. The normalized spacial score (nSPS) is 21.1. The van der Waals surface area contributed by atoms with Crippen LogP contribution < -0.4 is 4.90 Å². The van der Waals surface area contributed by atoms with Gasteiger partial charge in [-0.1, -0.05) is 27.5 Å². The molecular formula is C10H10BrClN2O. The molecule has 1 aliphatic heterocycles. The smallest absolute Gasteiger partial charge is 0.227 e. The monoisotopic (exact) mass is 288 g/mol. The highest BCUT2D eigenvalue weighted by molar-refractivity contribution is 9.09. The number of halogens is 2. The van der Waals surface area contributed by atoms with Crippen LogP contribution >= 0.6 is 27.5 Å². The van der Waals surface area contributed by atoms with E-state index < -0.39 is 0 Å². The zero-order chi connectivity index (χ0) is 10.8. The van der Waals surface area contributed by atoms with Crippen molar-refractivity contribution in [3.63, 3.8) is 0 Å². The van der Waals surface area contributed by atoms with E-state index in [1.165, 1.54) is 0 Å². The van der Waals surface area contributed by atoms with E-state index in [-0.39, 0.29) is 5.91 Å². The van der Waals surface area contributed by atoms with Crippen molar-refractivity contribution in [2.75, 3.05) is 16.8 Å². The minimum atomic E-state index is 0.154. The Morgan fingerprint density at radius 1 is 1.67 bits per heavy atom. The second kappa shape index (κ2) is 4.49. The summed E-state index contributed by atoms with van der Waals surface area (Å²) in [7, 11) is 0. The summed E-state index contributed by atoms with van der Waals surface area (Å²) in [5.74, 6) is 0.547. The van der Waals surface area contributed by atoms with Gasteiger partial charge in [-0.2, -0.15) is 0 Å². The van der Waals surface area contributed by atoms with E-state index in [1.54, 1.807) is 23.2 Å². The molecule has 1 aliphatic rings. The van der Waals surface area contributed by atoms with Gasteiger partial charge in [-0.25, -0.2) is 4.98 Å². The third kappa shape index (κ3) is 2.32. The van der Waals surface area contributed by atoms with Gasteiger partial charge >= 0.3 is 0 Å². The molecule has 5 heteroatoms. The Labute approximate surface area is 102 Å². The van der Waals surface area contributed by atoms with Gasteiger partial charge in [-0.05, 0) is 18.1 Å². The van der Waals surface area contributed by atoms with Gasteiger partial charge in [0.25, 0.3) is 0 Å². The SMILES string of the molecule is O=C1CC(CBr)CN1c1ccnc(Cl)c1. The molecule has 0 spiro atoms. The molecule has 1 atom stereocenters. The number of carbonyl (C=O) groups is 1. The Morgan fingerprint density at radius 3 is 3.07 bits per heavy atom. The van der Waals surface area contributed by atoms with Crippen LogP contribution in [0.3, 0.4) is 0 Å². The van der Waals surface area contributed by atoms with E-state index in [4.69, 9.17) is 11.6 Å². The summed E-state index contributed by atoms with van der Waals surface area (Å²) < 4.78 is 0. The van der Waals surface area contributed by atoms with E-state index in [1.807, 2.05) is 0 Å². The average molecular weight is 290 g/mol. The maximum Gasteiger partial charge on any atom is 0.227 e. The largest absolute Gasteiger partial charge is 0.312 e. The molecule has 0 bridgehead atoms. The van der Waals surface area contributed by atoms with Crippen molar-refractivity contribution in [3.05, 3.63) is 23.5 Å². The molecule has 1 amide bonds. The number of anilines is 1. The second-order valence-corrected chi connectivity index (χ2v) is 4.60. The first-order valence-corrected chi connectivity index (χ1v) is 6.18. The molecular weight excluding hydrogens is 279 g/mol. The minimum Gasteiger partial charge on any atom is -0.312 e. The quantitative estimate of drug-likeness (QED) is 0.619. The third-order valence-corrected chi connectivity index (χ3v) is 3.57. The van der Waals surface area contributed by atoms with Gasteiger partial charge in [0.05, 0.1) is 0 Å². The minimum absolute atomic E-state index is 0.154. The summed E-state index contributed by atoms with van der Waals surface area (Å²) in [6.45, 7) is 0.754. The van der Waals surface area contributed by atoms with Crippen LogP contribution in [0, 0.1) is 5.92 Å². The fourth-order valence-electron chi connectivity index (χ4n) is 1.69. The number of pyridine rings is 1. The molecule has 0 saturated carbocycles. The molecule has 15 heavy (non-hydrogen) atoms. The van der Waals surface area contributed by atoms with Crippen LogP contribution in [-0.4, -0.2) is 22.8 Å². The number of amides is 1. The Bertz CT molecular complexity index is 385. The highest BCUT2D eigenvalue weighted by atomic mass is 79.9. The van der Waals surface area contributed by atoms with Gasteiger partial charge in [0.1, 0.15) is 5.15 Å². The molecule has 0 aliphatic carbocycles. The van der Waals surface area contributed by atoms with Gasteiger partial charge < -0.3 is 4.90 Å². The van der Waals surface area contributed by atoms with E-state index in [9.17, 15) is 4.79 Å². The first-order valence-electron chi connectivity index (χ1n) is 4.68. The summed E-state index contributed by atoms with van der Waals surface area (Å²) >= 11 is 9.18. The molecule has 3 nitrogen and oxygen atoms in total. The molecule has 0 N–H and O–H groups in total. The van der Waals surface area contributed by atoms with Crippen LogP contribution in [0.25, 0.3) is 0 Å². The lowest BCUT2D eigenvalue weighted by Gasteiger charge is -2.16. The van der Waals surface area contributed by atoms with Crippen molar-refractivity contribution >= 4 is 39.1 Å². The second-order valence-electron chi connectivity index (χ2n) is 3.57. The summed E-state index contributed by atoms with van der Waals surface area (Å²) in [5, 5.41) is 1.27. The van der Waals surface area contributed by atoms with Crippen molar-refractivity contribution < 1.29 is 4.79 Å². The number of alkyl halides is 1. The fourth-order valence-corrected chi connectivity index (χ4v) is 2.30. The molecule has 2 heterocycles. The lowest BCUT2D eigenvalue weighted by molar-refractivity contribution is -0.117. The Hall–Kier alpha value is -0.610. The lowest BCUT2D eigenvalue weighted by Crippen LogP contribution is -2.24. The molecule has 80 valence electrons. The van der Waals surface area contributed by atoms with Gasteiger partial charge in [0.2, 0.25) is 5.91 Å². The van der Waals surface area contributed by atoms with Crippen LogP contribution in [0.15, 0.2) is 18.3 Å². The van der Waals surface area contributed by atoms with Gasteiger partial charge in [-0.15, -0.1) is 0 Å². The van der Waals surface area contributed by atoms with Crippen LogP contribution in [0.2, 0.25) is 5.15 Å². The Morgan fingerprint density at radius 2 is 2.47 bits per heavy atom. The molecule has 1 unspecified atom stereocenters. The van der Waals surface area contributed by atoms with E-state index in [0.29, 0.717) is 17.5 Å². The average Bonchev–Trinajstić information content (AvgIpc) is 2.60. The summed E-state index contributed by atoms with van der Waals surface area (Å²) in [6.07, 6.45) is 2.22. The first kappa shape index (κ1) is 10.9. The molecule has 2 rings (SSSR count). The third-order valence-electron chi connectivity index (χ3n) is 2.45. The molecule has 1 fully saturated rings. The number of nitrogens with zero attached hydrogens (tertiary/aromatic N) is 2. The van der Waals surface area contributed by atoms with Gasteiger partial charge in [0.15, 0.2) is 0 Å². The molecule has 1 aromatic heterocycles. The van der Waals surface area contributed by atoms with Crippen LogP contribution in [0.4, 0.5) is 5.69 Å². The van der Waals surface area contributed by atoms with Gasteiger partial charge in [-0.3, -0.25) is 4.79 Å². The number of carbonyl (C=O) groups excluding carboxylic acids is 1. The van der Waals surface area contributed by atoms with Crippen LogP contribution in [-0.2, 0) is 4.79 Å². The number of aromatic nitrogens is 1. The zero-order valence-corrected chi connectivity index (χ0v) is 10.3. The highest BCUT2D eigenvalue weighted by Crippen LogP contribution is 2.26. The molecule has 1 aromatic rings. The number of hydrogen-bond acceptors (Lipinski definition) is 2. The lowest BCUT2D eigenvalue weighted by atomic mass is 10.2. The zero-order valence-electron chi connectivity index (χ0n) is 7.99. The highest BCUT2D eigenvalue weighted by Gasteiger charge is 2.29. The molecule has 1 saturated heterocycles. The predicted molar refractivity (Wildman–Crippen MR) is 63.5 cm³/mol.